The molecule has 3 heterocycles. The lowest BCUT2D eigenvalue weighted by Gasteiger charge is -2.45. The molecule has 3 unspecified atom stereocenters. The molecule has 0 radical (unpaired) electrons. The predicted molar refractivity (Wildman–Crippen MR) is 131 cm³/mol. The summed E-state index contributed by atoms with van der Waals surface area (Å²) in [6.07, 6.45) is 4.14. The highest BCUT2D eigenvalue weighted by atomic mass is 16.7. The van der Waals surface area contributed by atoms with Gasteiger partial charge >= 0.3 is 17.9 Å². The SMILES string of the molecule is CCOC(=O)C1C(c2ccc(OC)cc2)C2(C(=O)OC3(CCCC3)OC2=O)C2c3ccccc3C=NN12. The molecule has 0 N–H and O–H groups in total. The van der Waals surface area contributed by atoms with Gasteiger partial charge in [-0.3, -0.25) is 14.6 Å². The van der Waals surface area contributed by atoms with E-state index < -0.39 is 47.1 Å². The van der Waals surface area contributed by atoms with Gasteiger partial charge in [0.2, 0.25) is 5.41 Å². The Morgan fingerprint density at radius 3 is 2.38 bits per heavy atom. The molecule has 3 atom stereocenters. The van der Waals surface area contributed by atoms with Crippen LogP contribution in [0.25, 0.3) is 0 Å². The third-order valence-electron chi connectivity index (χ3n) is 8.01. The molecule has 1 saturated carbocycles. The van der Waals surface area contributed by atoms with Crippen LogP contribution in [0.4, 0.5) is 0 Å². The monoisotopic (exact) mass is 504 g/mol. The summed E-state index contributed by atoms with van der Waals surface area (Å²) >= 11 is 0. The molecule has 9 heteroatoms. The lowest BCUT2D eigenvalue weighted by molar-refractivity contribution is -0.263. The van der Waals surface area contributed by atoms with Crippen LogP contribution in [0.1, 0.15) is 61.3 Å². The van der Waals surface area contributed by atoms with Crippen LogP contribution in [-0.4, -0.2) is 54.7 Å². The van der Waals surface area contributed by atoms with Gasteiger partial charge in [0.25, 0.3) is 5.79 Å². The molecule has 2 aromatic rings. The van der Waals surface area contributed by atoms with Crippen LogP contribution in [0.15, 0.2) is 53.6 Å². The van der Waals surface area contributed by atoms with Crippen LogP contribution in [0.3, 0.4) is 0 Å². The Balaban J connectivity index is 1.60. The smallest absolute Gasteiger partial charge is 0.331 e. The molecule has 2 spiro atoms. The Morgan fingerprint density at radius 2 is 1.73 bits per heavy atom. The van der Waals surface area contributed by atoms with E-state index in [0.717, 1.165) is 18.4 Å². The summed E-state index contributed by atoms with van der Waals surface area (Å²) in [4.78, 5) is 42.2. The molecule has 4 aliphatic rings. The van der Waals surface area contributed by atoms with Gasteiger partial charge in [0.05, 0.1) is 19.9 Å². The normalized spacial score (nSPS) is 26.4. The quantitative estimate of drug-likeness (QED) is 0.461. The van der Waals surface area contributed by atoms with Crippen molar-refractivity contribution in [2.45, 2.75) is 56.4 Å². The summed E-state index contributed by atoms with van der Waals surface area (Å²) in [7, 11) is 1.55. The number of methoxy groups -OCH3 is 1. The van der Waals surface area contributed by atoms with Gasteiger partial charge in [-0.05, 0) is 48.6 Å². The van der Waals surface area contributed by atoms with Gasteiger partial charge in [0.1, 0.15) is 11.8 Å². The van der Waals surface area contributed by atoms with Crippen LogP contribution in [-0.2, 0) is 28.6 Å². The fraction of sp³-hybridized carbons (Fsp3) is 0.429. The van der Waals surface area contributed by atoms with E-state index in [-0.39, 0.29) is 6.61 Å². The lowest BCUT2D eigenvalue weighted by Crippen LogP contribution is -2.59. The molecule has 192 valence electrons. The number of rotatable bonds is 4. The summed E-state index contributed by atoms with van der Waals surface area (Å²) in [6, 6.07) is 12.4. The fourth-order valence-corrected chi connectivity index (χ4v) is 6.41. The number of esters is 3. The number of fused-ring (bicyclic) bond motifs is 4. The first-order valence-electron chi connectivity index (χ1n) is 12.6. The summed E-state index contributed by atoms with van der Waals surface area (Å²) in [5.74, 6) is -3.61. The van der Waals surface area contributed by atoms with Crippen molar-refractivity contribution in [2.75, 3.05) is 13.7 Å². The maximum atomic E-state index is 14.3. The van der Waals surface area contributed by atoms with Crippen LogP contribution in [0, 0.1) is 5.41 Å². The van der Waals surface area contributed by atoms with Gasteiger partial charge in [0.15, 0.2) is 6.04 Å². The van der Waals surface area contributed by atoms with Crippen molar-refractivity contribution in [2.24, 2.45) is 10.5 Å². The molecule has 37 heavy (non-hydrogen) atoms. The van der Waals surface area contributed by atoms with E-state index >= 15 is 0 Å². The second kappa shape index (κ2) is 8.61. The van der Waals surface area contributed by atoms with E-state index in [0.29, 0.717) is 29.7 Å². The first-order chi connectivity index (χ1) is 17.9. The third kappa shape index (κ3) is 3.29. The van der Waals surface area contributed by atoms with Crippen molar-refractivity contribution in [3.63, 3.8) is 0 Å². The van der Waals surface area contributed by atoms with Gasteiger partial charge in [-0.1, -0.05) is 36.4 Å². The summed E-state index contributed by atoms with van der Waals surface area (Å²) in [5, 5.41) is 6.13. The third-order valence-corrected chi connectivity index (χ3v) is 8.01. The largest absolute Gasteiger partial charge is 0.497 e. The number of hydrazone groups is 1. The van der Waals surface area contributed by atoms with Crippen LogP contribution in [0.5, 0.6) is 5.75 Å². The number of ether oxygens (including phenoxy) is 4. The highest BCUT2D eigenvalue weighted by molar-refractivity contribution is 6.06. The van der Waals surface area contributed by atoms with E-state index in [1.165, 1.54) is 5.01 Å². The topological polar surface area (TPSA) is 104 Å². The number of hydrogen-bond acceptors (Lipinski definition) is 9. The van der Waals surface area contributed by atoms with Crippen LogP contribution < -0.4 is 4.74 Å². The zero-order valence-corrected chi connectivity index (χ0v) is 20.7. The van der Waals surface area contributed by atoms with Crippen molar-refractivity contribution >= 4 is 24.1 Å². The minimum atomic E-state index is -1.88. The Bertz CT molecular complexity index is 1260. The van der Waals surface area contributed by atoms with Crippen molar-refractivity contribution in [1.29, 1.82) is 0 Å². The van der Waals surface area contributed by atoms with Crippen molar-refractivity contribution < 1.29 is 33.3 Å². The highest BCUT2D eigenvalue weighted by Gasteiger charge is 2.76. The van der Waals surface area contributed by atoms with Crippen molar-refractivity contribution in [3.8, 4) is 5.75 Å². The van der Waals surface area contributed by atoms with Gasteiger partial charge < -0.3 is 18.9 Å². The number of nitrogens with zero attached hydrogens (tertiary/aromatic N) is 2. The zero-order valence-electron chi connectivity index (χ0n) is 20.7. The second-order valence-corrected chi connectivity index (χ2v) is 9.87. The molecule has 3 aliphatic heterocycles. The molecular formula is C28H28N2O7. The second-order valence-electron chi connectivity index (χ2n) is 9.87. The predicted octanol–water partition coefficient (Wildman–Crippen LogP) is 3.47. The van der Waals surface area contributed by atoms with Gasteiger partial charge in [-0.15, -0.1) is 0 Å². The Labute approximate surface area is 214 Å². The molecule has 9 nitrogen and oxygen atoms in total. The Hall–Kier alpha value is -3.88. The fourth-order valence-electron chi connectivity index (χ4n) is 6.41. The molecule has 0 aromatic heterocycles. The number of hydrogen-bond donors (Lipinski definition) is 0. The van der Waals surface area contributed by atoms with E-state index in [1.807, 2.05) is 24.3 Å². The summed E-state index contributed by atoms with van der Waals surface area (Å²) in [5.41, 5.74) is 0.146. The zero-order chi connectivity index (χ0) is 25.8. The highest BCUT2D eigenvalue weighted by Crippen LogP contribution is 2.63. The summed E-state index contributed by atoms with van der Waals surface area (Å²) in [6.45, 7) is 1.85. The van der Waals surface area contributed by atoms with E-state index in [9.17, 15) is 14.4 Å². The first-order valence-corrected chi connectivity index (χ1v) is 12.6. The van der Waals surface area contributed by atoms with E-state index in [2.05, 4.69) is 5.10 Å². The Kier molecular flexibility index (Phi) is 5.47. The van der Waals surface area contributed by atoms with Gasteiger partial charge in [-0.2, -0.15) is 5.10 Å². The maximum absolute atomic E-state index is 14.3. The first kappa shape index (κ1) is 23.5. The van der Waals surface area contributed by atoms with E-state index in [4.69, 9.17) is 18.9 Å². The molecule has 6 rings (SSSR count). The number of carbonyl (C=O) groups is 3. The van der Waals surface area contributed by atoms with Gasteiger partial charge in [-0.25, -0.2) is 4.79 Å². The van der Waals surface area contributed by atoms with E-state index in [1.54, 1.807) is 44.5 Å². The van der Waals surface area contributed by atoms with Crippen molar-refractivity contribution in [3.05, 3.63) is 65.2 Å². The number of carbonyl (C=O) groups excluding carboxylic acids is 3. The van der Waals surface area contributed by atoms with Crippen LogP contribution in [0.2, 0.25) is 0 Å². The van der Waals surface area contributed by atoms with Crippen LogP contribution >= 0.6 is 0 Å². The minimum absolute atomic E-state index is 0.133. The molecule has 0 bridgehead atoms. The van der Waals surface area contributed by atoms with Gasteiger partial charge in [0, 0.05) is 18.8 Å². The average Bonchev–Trinajstić information content (AvgIpc) is 3.48. The standard InChI is InChI=1S/C28H28N2O7/c1-3-35-24(31)22-21(17-10-12-19(34-2)13-11-17)28(23-20-9-5-4-8-18(20)16-29-30(22)23)25(32)36-27(37-26(28)33)14-6-7-15-27/h4-5,8-13,16,21-23H,3,6-7,14-15H2,1-2H3. The van der Waals surface area contributed by atoms with Crippen molar-refractivity contribution in [1.82, 2.24) is 5.01 Å². The summed E-state index contributed by atoms with van der Waals surface area (Å²) < 4.78 is 22.9. The molecular weight excluding hydrogens is 476 g/mol. The number of benzene rings is 2. The average molecular weight is 505 g/mol. The molecule has 3 fully saturated rings. The Morgan fingerprint density at radius 1 is 1.05 bits per heavy atom. The molecule has 2 aromatic carbocycles. The maximum Gasteiger partial charge on any atom is 0.331 e. The molecule has 0 amide bonds. The molecule has 2 saturated heterocycles. The minimum Gasteiger partial charge on any atom is -0.497 e. The molecule has 1 aliphatic carbocycles. The lowest BCUT2D eigenvalue weighted by atomic mass is 9.65.